The molecule has 18 heavy (non-hydrogen) atoms. The van der Waals surface area contributed by atoms with Crippen molar-refractivity contribution in [2.24, 2.45) is 0 Å². The Morgan fingerprint density at radius 1 is 0.611 bits per heavy atom. The lowest BCUT2D eigenvalue weighted by molar-refractivity contribution is 0.203. The molecule has 0 amide bonds. The summed E-state index contributed by atoms with van der Waals surface area (Å²) in [6.45, 7) is 23.6. The van der Waals surface area contributed by atoms with Gasteiger partial charge in [0, 0.05) is 11.1 Å². The van der Waals surface area contributed by atoms with Crippen LogP contribution in [-0.4, -0.2) is 50.7 Å². The molecule has 0 rings (SSSR count). The fourth-order valence-electron chi connectivity index (χ4n) is 2.95. The normalized spacial score (nSPS) is 15.7. The predicted octanol–water partition coefficient (Wildman–Crippen LogP) is 2.09. The minimum atomic E-state index is -0.0983. The molecule has 0 aromatic carbocycles. The zero-order valence-corrected chi connectivity index (χ0v) is 17.3. The average molecular weight is 289 g/mol. The maximum Gasteiger partial charge on any atom is 0.0978 e. The van der Waals surface area contributed by atoms with Crippen molar-refractivity contribution in [3.05, 3.63) is 0 Å². The van der Waals surface area contributed by atoms with E-state index >= 15 is 0 Å². The van der Waals surface area contributed by atoms with E-state index in [1.165, 1.54) is 0 Å². The van der Waals surface area contributed by atoms with Gasteiger partial charge in [-0.05, 0) is 53.6 Å². The Bertz CT molecular complexity index is 213. The van der Waals surface area contributed by atoms with Gasteiger partial charge < -0.3 is 9.13 Å². The topological polar surface area (TPSA) is 6.48 Å². The fraction of sp³-hybridized carbons (Fsp3) is 1.00. The molecule has 0 atom stereocenters. The maximum atomic E-state index is 2.79. The first-order chi connectivity index (χ1) is 7.87. The van der Waals surface area contributed by atoms with Gasteiger partial charge in [0.25, 0.3) is 0 Å². The van der Waals surface area contributed by atoms with Crippen LogP contribution >= 0.6 is 0 Å². The molecule has 0 unspecified atom stereocenters. The zero-order valence-electron chi connectivity index (χ0n) is 14.5. The van der Waals surface area contributed by atoms with Crippen LogP contribution in [0.3, 0.4) is 0 Å². The molecule has 0 N–H and O–H groups in total. The van der Waals surface area contributed by atoms with Crippen molar-refractivity contribution in [2.75, 3.05) is 0 Å². The van der Waals surface area contributed by atoms with Gasteiger partial charge in [0.2, 0.25) is 0 Å². The second-order valence-electron chi connectivity index (χ2n) is 7.92. The Morgan fingerprint density at radius 2 is 0.833 bits per heavy atom. The molecule has 0 heterocycles. The highest BCUT2D eigenvalue weighted by atomic mass is 29.2. The smallest absolute Gasteiger partial charge is 0.0978 e. The lowest BCUT2D eigenvalue weighted by Crippen LogP contribution is -2.57. The van der Waals surface area contributed by atoms with E-state index in [1.54, 1.807) is 0 Å². The van der Waals surface area contributed by atoms with Crippen molar-refractivity contribution in [3.63, 3.8) is 0 Å². The summed E-state index contributed by atoms with van der Waals surface area (Å²) in [6, 6.07) is 1.39. The Morgan fingerprint density at radius 3 is 0.944 bits per heavy atom. The molecule has 4 heteroatoms. The maximum absolute atomic E-state index is 2.79. The van der Waals surface area contributed by atoms with Crippen molar-refractivity contribution in [1.29, 1.82) is 0 Å². The largest absolute Gasteiger partial charge is 0.324 e. The number of hydrogen-bond acceptors (Lipinski definition) is 2. The van der Waals surface area contributed by atoms with Crippen LogP contribution in [0.4, 0.5) is 0 Å². The second kappa shape index (κ2) is 6.68. The summed E-state index contributed by atoms with van der Waals surface area (Å²) in [4.78, 5) is 0. The first-order valence-corrected chi connectivity index (χ1v) is 12.7. The molecule has 0 aliphatic carbocycles. The van der Waals surface area contributed by atoms with Crippen LogP contribution in [0.1, 0.15) is 69.2 Å². The van der Waals surface area contributed by atoms with E-state index in [1.807, 2.05) is 0 Å². The van der Waals surface area contributed by atoms with Gasteiger partial charge in [-0.1, -0.05) is 27.7 Å². The van der Waals surface area contributed by atoms with E-state index in [9.17, 15) is 0 Å². The number of rotatable bonds is 5. The third-order valence-electron chi connectivity index (χ3n) is 3.55. The molecule has 110 valence electrons. The Kier molecular flexibility index (Phi) is 6.81. The number of nitrogens with zero attached hydrogens (tertiary/aromatic N) is 2. The van der Waals surface area contributed by atoms with Crippen LogP contribution in [0.5, 0.6) is 0 Å². The van der Waals surface area contributed by atoms with Crippen molar-refractivity contribution in [1.82, 2.24) is 9.13 Å². The van der Waals surface area contributed by atoms with Crippen molar-refractivity contribution < 1.29 is 0 Å². The van der Waals surface area contributed by atoms with Crippen LogP contribution in [0.2, 0.25) is 0 Å². The van der Waals surface area contributed by atoms with Gasteiger partial charge in [0.05, 0.1) is 18.4 Å². The molecular weight excluding hydrogens is 252 g/mol. The highest BCUT2D eigenvalue weighted by Crippen LogP contribution is 2.18. The third kappa shape index (κ3) is 6.00. The molecule has 0 bridgehead atoms. The molecule has 2 nitrogen and oxygen atoms in total. The van der Waals surface area contributed by atoms with Crippen molar-refractivity contribution in [2.45, 2.75) is 92.4 Å². The third-order valence-corrected chi connectivity index (χ3v) is 11.6. The van der Waals surface area contributed by atoms with Crippen LogP contribution < -0.4 is 0 Å². The molecule has 0 radical (unpaired) electrons. The Balaban J connectivity index is 4.69. The van der Waals surface area contributed by atoms with Crippen molar-refractivity contribution in [3.8, 4) is 0 Å². The minimum absolute atomic E-state index is 0.0983. The molecule has 0 aromatic rings. The minimum Gasteiger partial charge on any atom is -0.324 e. The molecular formula is C14H36N2Si2. The van der Waals surface area contributed by atoms with Gasteiger partial charge in [-0.15, -0.1) is 0 Å². The lowest BCUT2D eigenvalue weighted by atomic mass is 10.1. The van der Waals surface area contributed by atoms with Crippen LogP contribution in [-0.2, 0) is 0 Å². The van der Waals surface area contributed by atoms with E-state index in [-0.39, 0.29) is 18.4 Å². The monoisotopic (exact) mass is 288 g/mol. The van der Waals surface area contributed by atoms with Gasteiger partial charge >= 0.3 is 0 Å². The molecule has 0 fully saturated rings. The predicted molar refractivity (Wildman–Crippen MR) is 90.5 cm³/mol. The van der Waals surface area contributed by atoms with Gasteiger partial charge in [-0.25, -0.2) is 0 Å². The van der Waals surface area contributed by atoms with Crippen LogP contribution in [0.15, 0.2) is 0 Å². The fourth-order valence-corrected chi connectivity index (χ4v) is 14.2. The summed E-state index contributed by atoms with van der Waals surface area (Å²) in [5.41, 5.74) is 0.682. The van der Waals surface area contributed by atoms with Gasteiger partial charge in [-0.2, -0.15) is 0 Å². The summed E-state index contributed by atoms with van der Waals surface area (Å²) in [5, 5.41) is 0. The van der Waals surface area contributed by atoms with E-state index in [0.717, 1.165) is 0 Å². The molecule has 0 saturated heterocycles. The highest BCUT2D eigenvalue weighted by Gasteiger charge is 2.28. The quantitative estimate of drug-likeness (QED) is 0.715. The molecule has 0 aliphatic rings. The summed E-state index contributed by atoms with van der Waals surface area (Å²) in [5.74, 6) is 0. The van der Waals surface area contributed by atoms with E-state index < -0.39 is 0 Å². The Labute approximate surface area is 120 Å². The van der Waals surface area contributed by atoms with Crippen molar-refractivity contribution >= 4 is 18.4 Å². The van der Waals surface area contributed by atoms with Gasteiger partial charge in [0.15, 0.2) is 0 Å². The standard InChI is InChI=1S/C14H36N2Si2/c1-11(2)15(13(5,6)7)17-18-16(12(3)4)14(8,9)10/h11-12H,17-18H2,1-10H3. The Hall–Kier alpha value is 0.354. The van der Waals surface area contributed by atoms with E-state index in [2.05, 4.69) is 78.4 Å². The van der Waals surface area contributed by atoms with Crippen LogP contribution in [0, 0.1) is 0 Å². The highest BCUT2D eigenvalue weighted by molar-refractivity contribution is 6.97. The zero-order chi connectivity index (χ0) is 14.7. The first-order valence-electron chi connectivity index (χ1n) is 7.41. The first kappa shape index (κ1) is 18.4. The molecule has 0 aliphatic heterocycles. The second-order valence-corrected chi connectivity index (χ2v) is 12.9. The van der Waals surface area contributed by atoms with E-state index in [4.69, 9.17) is 0 Å². The summed E-state index contributed by atoms with van der Waals surface area (Å²) in [7, 11) is -0.197. The van der Waals surface area contributed by atoms with E-state index in [0.29, 0.717) is 23.2 Å². The van der Waals surface area contributed by atoms with Gasteiger partial charge in [0.1, 0.15) is 0 Å². The summed E-state index contributed by atoms with van der Waals surface area (Å²) >= 11 is 0. The summed E-state index contributed by atoms with van der Waals surface area (Å²) in [6.07, 6.45) is 0. The average Bonchev–Trinajstić information content (AvgIpc) is 2.05. The van der Waals surface area contributed by atoms with Gasteiger partial charge in [-0.3, -0.25) is 0 Å². The van der Waals surface area contributed by atoms with Crippen LogP contribution in [0.25, 0.3) is 0 Å². The molecule has 0 spiro atoms. The number of hydrogen-bond donors (Lipinski definition) is 0. The molecule has 0 aromatic heterocycles. The SMILES string of the molecule is CC(C)N([SiH2][SiH2]N(C(C)C)C(C)(C)C)C(C)(C)C. The lowest BCUT2D eigenvalue weighted by Gasteiger charge is -2.44. The molecule has 0 saturated carbocycles. The summed E-state index contributed by atoms with van der Waals surface area (Å²) < 4.78 is 5.58.